The predicted octanol–water partition coefficient (Wildman–Crippen LogP) is 3.06. The molecule has 0 aliphatic carbocycles. The first-order chi connectivity index (χ1) is 13.4. The number of ether oxygens (including phenoxy) is 3. The Morgan fingerprint density at radius 2 is 1.57 bits per heavy atom. The summed E-state index contributed by atoms with van der Waals surface area (Å²) >= 11 is 0. The third-order valence-electron chi connectivity index (χ3n) is 4.34. The fourth-order valence-corrected chi connectivity index (χ4v) is 2.79. The number of benzene rings is 2. The summed E-state index contributed by atoms with van der Waals surface area (Å²) in [5, 5.41) is 0. The van der Waals surface area contributed by atoms with Crippen LogP contribution in [0.3, 0.4) is 0 Å². The quantitative estimate of drug-likeness (QED) is 0.659. The highest BCUT2D eigenvalue weighted by atomic mass is 19.1. The zero-order valence-electron chi connectivity index (χ0n) is 17.0. The number of hydrogen-bond donors (Lipinski definition) is 0. The van der Waals surface area contributed by atoms with E-state index in [4.69, 9.17) is 14.2 Å². The Morgan fingerprint density at radius 3 is 2.07 bits per heavy atom. The largest absolute Gasteiger partial charge is 0.493 e. The minimum absolute atomic E-state index is 0.163. The van der Waals surface area contributed by atoms with E-state index in [9.17, 15) is 9.18 Å². The van der Waals surface area contributed by atoms with Gasteiger partial charge in [-0.2, -0.15) is 0 Å². The Balaban J connectivity index is 2.39. The lowest BCUT2D eigenvalue weighted by Crippen LogP contribution is -2.36. The number of nitrogens with zero attached hydrogens (tertiary/aromatic N) is 2. The smallest absolute Gasteiger partial charge is 0.254 e. The minimum Gasteiger partial charge on any atom is -0.493 e. The molecule has 0 saturated carbocycles. The van der Waals surface area contributed by atoms with E-state index in [0.717, 1.165) is 0 Å². The van der Waals surface area contributed by atoms with Gasteiger partial charge in [0.1, 0.15) is 5.82 Å². The average Bonchev–Trinajstić information content (AvgIpc) is 2.70. The molecule has 7 heteroatoms. The van der Waals surface area contributed by atoms with Crippen molar-refractivity contribution >= 4 is 5.91 Å². The van der Waals surface area contributed by atoms with E-state index in [2.05, 4.69) is 0 Å². The van der Waals surface area contributed by atoms with E-state index < -0.39 is 0 Å². The first kappa shape index (κ1) is 21.5. The predicted molar refractivity (Wildman–Crippen MR) is 106 cm³/mol. The van der Waals surface area contributed by atoms with E-state index in [1.807, 2.05) is 19.0 Å². The highest BCUT2D eigenvalue weighted by Gasteiger charge is 2.22. The van der Waals surface area contributed by atoms with Crippen molar-refractivity contribution in [3.63, 3.8) is 0 Å². The lowest BCUT2D eigenvalue weighted by atomic mass is 10.1. The molecule has 0 aromatic heterocycles. The van der Waals surface area contributed by atoms with Gasteiger partial charge < -0.3 is 24.0 Å². The second kappa shape index (κ2) is 9.94. The fraction of sp³-hybridized carbons (Fsp3) is 0.381. The maximum atomic E-state index is 14.1. The number of carbonyl (C=O) groups is 1. The summed E-state index contributed by atoms with van der Waals surface area (Å²) in [5.41, 5.74) is 0.839. The average molecular weight is 390 g/mol. The van der Waals surface area contributed by atoms with Crippen LogP contribution in [0.1, 0.15) is 15.9 Å². The summed E-state index contributed by atoms with van der Waals surface area (Å²) in [6.45, 7) is 1.25. The third-order valence-corrected chi connectivity index (χ3v) is 4.34. The van der Waals surface area contributed by atoms with Gasteiger partial charge >= 0.3 is 0 Å². The molecule has 0 fully saturated rings. The number of likely N-dealkylation sites (N-methyl/N-ethyl adjacent to an activating group) is 1. The van der Waals surface area contributed by atoms with E-state index in [1.165, 1.54) is 27.4 Å². The van der Waals surface area contributed by atoms with Crippen molar-refractivity contribution in [3.05, 3.63) is 53.3 Å². The van der Waals surface area contributed by atoms with Crippen molar-refractivity contribution in [2.75, 3.05) is 48.5 Å². The molecule has 1 amide bonds. The second-order valence-corrected chi connectivity index (χ2v) is 6.54. The molecule has 0 spiro atoms. The molecular formula is C21H27FN2O4. The Bertz CT molecular complexity index is 786. The van der Waals surface area contributed by atoms with Crippen LogP contribution in [0.2, 0.25) is 0 Å². The van der Waals surface area contributed by atoms with Gasteiger partial charge in [-0.1, -0.05) is 18.2 Å². The summed E-state index contributed by atoms with van der Waals surface area (Å²) in [7, 11) is 8.34. The standard InChI is InChI=1S/C21H27FN2O4/c1-23(2)10-11-24(14-15-8-6-7-9-17(15)22)21(25)16-12-18(26-3)20(28-5)19(13-16)27-4/h6-9,12-13H,10-11,14H2,1-5H3. The number of hydrogen-bond acceptors (Lipinski definition) is 5. The van der Waals surface area contributed by atoms with Crippen molar-refractivity contribution in [3.8, 4) is 17.2 Å². The number of rotatable bonds is 9. The third kappa shape index (κ3) is 5.13. The fourth-order valence-electron chi connectivity index (χ4n) is 2.79. The van der Waals surface area contributed by atoms with Gasteiger partial charge in [0.2, 0.25) is 5.75 Å². The lowest BCUT2D eigenvalue weighted by molar-refractivity contribution is 0.0729. The summed E-state index contributed by atoms with van der Waals surface area (Å²) < 4.78 is 30.1. The van der Waals surface area contributed by atoms with Crippen molar-refractivity contribution < 1.29 is 23.4 Å². The van der Waals surface area contributed by atoms with Crippen LogP contribution in [-0.4, -0.2) is 64.2 Å². The van der Waals surface area contributed by atoms with Gasteiger partial charge in [-0.3, -0.25) is 4.79 Å². The highest BCUT2D eigenvalue weighted by Crippen LogP contribution is 2.38. The van der Waals surface area contributed by atoms with Crippen LogP contribution in [0.4, 0.5) is 4.39 Å². The minimum atomic E-state index is -0.338. The normalized spacial score (nSPS) is 10.7. The van der Waals surface area contributed by atoms with Gasteiger partial charge in [-0.15, -0.1) is 0 Å². The van der Waals surface area contributed by atoms with Crippen molar-refractivity contribution in [1.29, 1.82) is 0 Å². The maximum Gasteiger partial charge on any atom is 0.254 e. The molecule has 0 atom stereocenters. The van der Waals surface area contributed by atoms with Gasteiger partial charge in [0.25, 0.3) is 5.91 Å². The van der Waals surface area contributed by atoms with Crippen molar-refractivity contribution in [2.45, 2.75) is 6.54 Å². The molecule has 0 N–H and O–H groups in total. The van der Waals surface area contributed by atoms with Crippen LogP contribution in [0.5, 0.6) is 17.2 Å². The number of halogens is 1. The topological polar surface area (TPSA) is 51.2 Å². The van der Waals surface area contributed by atoms with Crippen LogP contribution in [0.15, 0.2) is 36.4 Å². The molecule has 0 aliphatic heterocycles. The SMILES string of the molecule is COc1cc(C(=O)N(CCN(C)C)Cc2ccccc2F)cc(OC)c1OC. The van der Waals surface area contributed by atoms with Gasteiger partial charge in [0.05, 0.1) is 21.3 Å². The molecule has 2 aromatic rings. The van der Waals surface area contributed by atoms with Gasteiger partial charge in [-0.05, 0) is 32.3 Å². The first-order valence-corrected chi connectivity index (χ1v) is 8.88. The van der Waals surface area contributed by atoms with Crippen molar-refractivity contribution in [1.82, 2.24) is 9.80 Å². The van der Waals surface area contributed by atoms with Gasteiger partial charge in [0.15, 0.2) is 11.5 Å². The van der Waals surface area contributed by atoms with Gasteiger partial charge in [-0.25, -0.2) is 4.39 Å². The van der Waals surface area contributed by atoms with E-state index >= 15 is 0 Å². The Kier molecular flexibility index (Phi) is 7.63. The first-order valence-electron chi connectivity index (χ1n) is 8.88. The molecule has 0 radical (unpaired) electrons. The molecule has 152 valence electrons. The molecular weight excluding hydrogens is 363 g/mol. The van der Waals surface area contributed by atoms with Crippen LogP contribution < -0.4 is 14.2 Å². The molecule has 2 aromatic carbocycles. The Hall–Kier alpha value is -2.80. The molecule has 0 saturated heterocycles. The van der Waals surface area contributed by atoms with Crippen LogP contribution in [0, 0.1) is 5.82 Å². The number of amides is 1. The molecule has 6 nitrogen and oxygen atoms in total. The molecule has 28 heavy (non-hydrogen) atoms. The summed E-state index contributed by atoms with van der Waals surface area (Å²) in [6.07, 6.45) is 0. The molecule has 2 rings (SSSR count). The second-order valence-electron chi connectivity index (χ2n) is 6.54. The monoisotopic (exact) mass is 390 g/mol. The van der Waals surface area contributed by atoms with Crippen LogP contribution >= 0.6 is 0 Å². The molecule has 0 unspecified atom stereocenters. The molecule has 0 bridgehead atoms. The van der Waals surface area contributed by atoms with Crippen molar-refractivity contribution in [2.24, 2.45) is 0 Å². The summed E-state index contributed by atoms with van der Waals surface area (Å²) in [6, 6.07) is 9.67. The maximum absolute atomic E-state index is 14.1. The zero-order chi connectivity index (χ0) is 20.7. The van der Waals surface area contributed by atoms with E-state index in [1.54, 1.807) is 35.2 Å². The number of methoxy groups -OCH3 is 3. The van der Waals surface area contributed by atoms with Crippen LogP contribution in [0.25, 0.3) is 0 Å². The lowest BCUT2D eigenvalue weighted by Gasteiger charge is -2.25. The summed E-state index contributed by atoms with van der Waals surface area (Å²) in [5.74, 6) is 0.613. The van der Waals surface area contributed by atoms with E-state index in [0.29, 0.717) is 41.5 Å². The van der Waals surface area contributed by atoms with Crippen LogP contribution in [-0.2, 0) is 6.54 Å². The Labute approximate surface area is 165 Å². The van der Waals surface area contributed by atoms with E-state index in [-0.39, 0.29) is 18.3 Å². The van der Waals surface area contributed by atoms with Gasteiger partial charge in [0, 0.05) is 30.8 Å². The number of carbonyl (C=O) groups excluding carboxylic acids is 1. The zero-order valence-corrected chi connectivity index (χ0v) is 17.0. The molecule has 0 aliphatic rings. The highest BCUT2D eigenvalue weighted by molar-refractivity contribution is 5.95. The Morgan fingerprint density at radius 1 is 0.964 bits per heavy atom. The molecule has 0 heterocycles. The summed E-state index contributed by atoms with van der Waals surface area (Å²) in [4.78, 5) is 16.8.